The molecule has 0 amide bonds. The van der Waals surface area contributed by atoms with Gasteiger partial charge in [0.05, 0.1) is 11.1 Å². The molecule has 2 atom stereocenters. The Hall–Kier alpha value is -1.41. The number of aromatic nitrogens is 1. The van der Waals surface area contributed by atoms with Crippen molar-refractivity contribution in [2.24, 2.45) is 11.8 Å². The lowest BCUT2D eigenvalue weighted by Gasteiger charge is -2.38. The van der Waals surface area contributed by atoms with Gasteiger partial charge >= 0.3 is 0 Å². The molecule has 3 rings (SSSR count). The fourth-order valence-corrected chi connectivity index (χ4v) is 3.99. The maximum absolute atomic E-state index is 11.3. The van der Waals surface area contributed by atoms with Crippen molar-refractivity contribution in [3.05, 3.63) is 42.1 Å². The molecule has 21 heavy (non-hydrogen) atoms. The van der Waals surface area contributed by atoms with E-state index in [1.807, 2.05) is 24.4 Å². The molecule has 1 heterocycles. The number of rotatable bonds is 3. The minimum atomic E-state index is -0.680. The summed E-state index contributed by atoms with van der Waals surface area (Å²) in [5.41, 5.74) is 1.37. The first-order chi connectivity index (χ1) is 10.1. The Morgan fingerprint density at radius 2 is 2.14 bits per heavy atom. The summed E-state index contributed by atoms with van der Waals surface area (Å²) in [6, 6.07) is 10.2. The standard InChI is InChI=1S/C19H25NO/c1-14(2)12-15-6-4-10-19(21,13-15)17-8-3-9-18-16(17)7-5-11-20-18/h3,5,7-9,11,14-15,21H,4,6,10,12-13H2,1-2H3. The minimum absolute atomic E-state index is 0.635. The molecule has 2 unspecified atom stereocenters. The molecule has 0 aliphatic heterocycles. The quantitative estimate of drug-likeness (QED) is 0.888. The molecule has 0 bridgehead atoms. The maximum atomic E-state index is 11.3. The Labute approximate surface area is 127 Å². The Morgan fingerprint density at radius 3 is 2.95 bits per heavy atom. The van der Waals surface area contributed by atoms with Crippen molar-refractivity contribution >= 4 is 10.9 Å². The monoisotopic (exact) mass is 283 g/mol. The smallest absolute Gasteiger partial charge is 0.0905 e. The minimum Gasteiger partial charge on any atom is -0.385 e. The number of hydrogen-bond acceptors (Lipinski definition) is 2. The molecule has 0 radical (unpaired) electrons. The number of fused-ring (bicyclic) bond motifs is 1. The largest absolute Gasteiger partial charge is 0.385 e. The van der Waals surface area contributed by atoms with Crippen LogP contribution < -0.4 is 0 Å². The van der Waals surface area contributed by atoms with Crippen LogP contribution in [0.5, 0.6) is 0 Å². The third-order valence-corrected chi connectivity index (χ3v) is 4.78. The van der Waals surface area contributed by atoms with Gasteiger partial charge in [-0.2, -0.15) is 0 Å². The van der Waals surface area contributed by atoms with Crippen LogP contribution in [0.3, 0.4) is 0 Å². The van der Waals surface area contributed by atoms with Gasteiger partial charge in [-0.05, 0) is 55.2 Å². The molecule has 0 spiro atoms. The number of aliphatic hydroxyl groups is 1. The molecule has 1 aromatic heterocycles. The van der Waals surface area contributed by atoms with Gasteiger partial charge in [0, 0.05) is 11.6 Å². The zero-order valence-corrected chi connectivity index (χ0v) is 13.0. The van der Waals surface area contributed by atoms with Gasteiger partial charge < -0.3 is 5.11 Å². The zero-order chi connectivity index (χ0) is 14.9. The summed E-state index contributed by atoms with van der Waals surface area (Å²) < 4.78 is 0. The molecule has 112 valence electrons. The van der Waals surface area contributed by atoms with Crippen LogP contribution in [0.4, 0.5) is 0 Å². The molecule has 1 saturated carbocycles. The van der Waals surface area contributed by atoms with Gasteiger partial charge in [-0.25, -0.2) is 0 Å². The SMILES string of the molecule is CC(C)CC1CCCC(O)(c2cccc3ncccc23)C1. The van der Waals surface area contributed by atoms with Gasteiger partial charge in [-0.1, -0.05) is 38.5 Å². The summed E-state index contributed by atoms with van der Waals surface area (Å²) in [6.45, 7) is 4.55. The summed E-state index contributed by atoms with van der Waals surface area (Å²) >= 11 is 0. The highest BCUT2D eigenvalue weighted by molar-refractivity contribution is 5.82. The molecule has 1 fully saturated rings. The highest BCUT2D eigenvalue weighted by atomic mass is 16.3. The lowest BCUT2D eigenvalue weighted by molar-refractivity contribution is -0.0232. The van der Waals surface area contributed by atoms with Gasteiger partial charge in [-0.3, -0.25) is 4.98 Å². The topological polar surface area (TPSA) is 33.1 Å². The van der Waals surface area contributed by atoms with Gasteiger partial charge in [0.15, 0.2) is 0 Å². The number of benzene rings is 1. The van der Waals surface area contributed by atoms with E-state index in [0.29, 0.717) is 11.8 Å². The Balaban J connectivity index is 1.96. The van der Waals surface area contributed by atoms with Crippen LogP contribution in [0.25, 0.3) is 10.9 Å². The van der Waals surface area contributed by atoms with E-state index >= 15 is 0 Å². The van der Waals surface area contributed by atoms with Gasteiger partial charge in [-0.15, -0.1) is 0 Å². The summed E-state index contributed by atoms with van der Waals surface area (Å²) in [5.74, 6) is 1.34. The molecular formula is C19H25NO. The zero-order valence-electron chi connectivity index (χ0n) is 13.0. The number of hydrogen-bond donors (Lipinski definition) is 1. The first kappa shape index (κ1) is 14.5. The van der Waals surface area contributed by atoms with Crippen molar-refractivity contribution in [2.75, 3.05) is 0 Å². The predicted octanol–water partition coefficient (Wildman–Crippen LogP) is 4.66. The van der Waals surface area contributed by atoms with Crippen LogP contribution in [-0.4, -0.2) is 10.1 Å². The molecular weight excluding hydrogens is 258 g/mol. The first-order valence-electron chi connectivity index (χ1n) is 8.15. The lowest BCUT2D eigenvalue weighted by atomic mass is 9.71. The Kier molecular flexibility index (Phi) is 3.99. The molecule has 2 nitrogen and oxygen atoms in total. The Morgan fingerprint density at radius 1 is 1.29 bits per heavy atom. The van der Waals surface area contributed by atoms with E-state index in [2.05, 4.69) is 31.0 Å². The van der Waals surface area contributed by atoms with Crippen LogP contribution in [0.2, 0.25) is 0 Å². The van der Waals surface area contributed by atoms with E-state index < -0.39 is 5.60 Å². The van der Waals surface area contributed by atoms with E-state index in [9.17, 15) is 5.11 Å². The second-order valence-electron chi connectivity index (χ2n) is 7.00. The average molecular weight is 283 g/mol. The lowest BCUT2D eigenvalue weighted by Crippen LogP contribution is -2.33. The van der Waals surface area contributed by atoms with E-state index in [1.165, 1.54) is 12.8 Å². The molecule has 2 heteroatoms. The van der Waals surface area contributed by atoms with Crippen molar-refractivity contribution < 1.29 is 5.11 Å². The van der Waals surface area contributed by atoms with Crippen molar-refractivity contribution in [1.29, 1.82) is 0 Å². The van der Waals surface area contributed by atoms with Crippen molar-refractivity contribution in [1.82, 2.24) is 4.98 Å². The second-order valence-corrected chi connectivity index (χ2v) is 7.00. The fourth-order valence-electron chi connectivity index (χ4n) is 3.99. The van der Waals surface area contributed by atoms with Crippen LogP contribution in [0.1, 0.15) is 51.5 Å². The second kappa shape index (κ2) is 5.76. The summed E-state index contributed by atoms with van der Waals surface area (Å²) in [7, 11) is 0. The van der Waals surface area contributed by atoms with Crippen molar-refractivity contribution in [2.45, 2.75) is 51.6 Å². The fraction of sp³-hybridized carbons (Fsp3) is 0.526. The highest BCUT2D eigenvalue weighted by Gasteiger charge is 2.36. The molecule has 1 aromatic carbocycles. The van der Waals surface area contributed by atoms with Gasteiger partial charge in [0.1, 0.15) is 0 Å². The van der Waals surface area contributed by atoms with E-state index in [4.69, 9.17) is 0 Å². The van der Waals surface area contributed by atoms with Crippen molar-refractivity contribution in [3.63, 3.8) is 0 Å². The summed E-state index contributed by atoms with van der Waals surface area (Å²) in [5, 5.41) is 12.4. The highest BCUT2D eigenvalue weighted by Crippen LogP contribution is 2.43. The van der Waals surface area contributed by atoms with Crippen LogP contribution >= 0.6 is 0 Å². The molecule has 2 aromatic rings. The maximum Gasteiger partial charge on any atom is 0.0905 e. The molecule has 1 aliphatic rings. The number of pyridine rings is 1. The summed E-state index contributed by atoms with van der Waals surface area (Å²) in [6.07, 6.45) is 7.16. The number of nitrogens with zero attached hydrogens (tertiary/aromatic N) is 1. The Bertz CT molecular complexity index is 616. The van der Waals surface area contributed by atoms with E-state index in [0.717, 1.165) is 35.7 Å². The van der Waals surface area contributed by atoms with Crippen LogP contribution in [-0.2, 0) is 5.60 Å². The molecule has 1 N–H and O–H groups in total. The molecule has 1 aliphatic carbocycles. The van der Waals surface area contributed by atoms with Gasteiger partial charge in [0.25, 0.3) is 0 Å². The predicted molar refractivity (Wildman–Crippen MR) is 87.1 cm³/mol. The normalized spacial score (nSPS) is 26.4. The molecule has 0 saturated heterocycles. The first-order valence-corrected chi connectivity index (χ1v) is 8.15. The van der Waals surface area contributed by atoms with Gasteiger partial charge in [0.2, 0.25) is 0 Å². The average Bonchev–Trinajstić information content (AvgIpc) is 2.46. The summed E-state index contributed by atoms with van der Waals surface area (Å²) in [4.78, 5) is 4.42. The van der Waals surface area contributed by atoms with Crippen LogP contribution in [0.15, 0.2) is 36.5 Å². The van der Waals surface area contributed by atoms with Crippen molar-refractivity contribution in [3.8, 4) is 0 Å². The third kappa shape index (κ3) is 2.96. The van der Waals surface area contributed by atoms with E-state index in [-0.39, 0.29) is 0 Å². The third-order valence-electron chi connectivity index (χ3n) is 4.78. The van der Waals surface area contributed by atoms with Crippen LogP contribution in [0, 0.1) is 11.8 Å². The van der Waals surface area contributed by atoms with E-state index in [1.54, 1.807) is 0 Å².